The Kier molecular flexibility index (Phi) is 9.17. The van der Waals surface area contributed by atoms with Crippen molar-refractivity contribution in [3.8, 4) is 5.75 Å². The van der Waals surface area contributed by atoms with E-state index in [0.717, 1.165) is 66.4 Å². The minimum absolute atomic E-state index is 0.114. The molecule has 37 heavy (non-hydrogen) atoms. The van der Waals surface area contributed by atoms with E-state index < -0.39 is 5.60 Å². The van der Waals surface area contributed by atoms with Crippen LogP contribution in [0.25, 0.3) is 5.57 Å². The van der Waals surface area contributed by atoms with Crippen LogP contribution < -0.4 is 10.5 Å². The largest absolute Gasteiger partial charge is 0.492 e. The van der Waals surface area contributed by atoms with Gasteiger partial charge in [-0.1, -0.05) is 64.5 Å². The van der Waals surface area contributed by atoms with Gasteiger partial charge in [0.25, 0.3) is 0 Å². The first-order valence-corrected chi connectivity index (χ1v) is 14.5. The molecule has 0 amide bonds. The van der Waals surface area contributed by atoms with Crippen molar-refractivity contribution in [3.63, 3.8) is 0 Å². The van der Waals surface area contributed by atoms with Crippen LogP contribution in [-0.4, -0.2) is 46.4 Å². The Hall–Kier alpha value is -1.71. The highest BCUT2D eigenvalue weighted by Crippen LogP contribution is 2.41. The van der Waals surface area contributed by atoms with E-state index in [2.05, 4.69) is 57.8 Å². The van der Waals surface area contributed by atoms with Crippen LogP contribution in [-0.2, 0) is 11.1 Å². The van der Waals surface area contributed by atoms with Gasteiger partial charge in [0.1, 0.15) is 12.4 Å². The topological polar surface area (TPSA) is 82.6 Å². The van der Waals surface area contributed by atoms with Gasteiger partial charge in [-0.25, -0.2) is 0 Å². The molecule has 2 atom stereocenters. The van der Waals surface area contributed by atoms with Gasteiger partial charge in [0.05, 0.1) is 9.53 Å². The zero-order valence-electron chi connectivity index (χ0n) is 21.6. The van der Waals surface area contributed by atoms with Crippen molar-refractivity contribution in [2.75, 3.05) is 26.2 Å². The third-order valence-electron chi connectivity index (χ3n) is 7.54. The smallest absolute Gasteiger partial charge is 0.126 e. The van der Waals surface area contributed by atoms with Gasteiger partial charge in [-0.2, -0.15) is 0 Å². The second kappa shape index (κ2) is 12.0. The molecule has 4 rings (SSSR count). The fraction of sp³-hybridized carbons (Fsp3) is 0.433. The van der Waals surface area contributed by atoms with Crippen LogP contribution in [0.1, 0.15) is 49.8 Å². The summed E-state index contributed by atoms with van der Waals surface area (Å²) in [6, 6.07) is 13.9. The minimum atomic E-state index is -0.941. The number of rotatable bonds is 7. The fourth-order valence-corrected chi connectivity index (χ4v) is 6.14. The second-order valence-corrected chi connectivity index (χ2v) is 12.7. The summed E-state index contributed by atoms with van der Waals surface area (Å²) in [5.41, 5.74) is 9.79. The molecule has 0 saturated carbocycles. The lowest BCUT2D eigenvalue weighted by atomic mass is 9.82. The van der Waals surface area contributed by atoms with Crippen LogP contribution in [0.5, 0.6) is 5.75 Å². The van der Waals surface area contributed by atoms with Crippen molar-refractivity contribution >= 4 is 46.0 Å². The highest BCUT2D eigenvalue weighted by atomic mass is 127. The second-order valence-electron chi connectivity index (χ2n) is 10.6. The maximum Gasteiger partial charge on any atom is 0.126 e. The van der Waals surface area contributed by atoms with E-state index in [1.165, 1.54) is 11.8 Å². The number of fused-ring (bicyclic) bond motifs is 1. The van der Waals surface area contributed by atoms with Gasteiger partial charge in [0.2, 0.25) is 0 Å². The lowest BCUT2D eigenvalue weighted by molar-refractivity contribution is 0.0785. The maximum absolute atomic E-state index is 10.7. The molecule has 5 nitrogen and oxygen atoms in total. The van der Waals surface area contributed by atoms with Crippen LogP contribution in [0, 0.1) is 11.3 Å². The van der Waals surface area contributed by atoms with Crippen molar-refractivity contribution in [1.82, 2.24) is 4.90 Å². The van der Waals surface area contributed by atoms with Crippen LogP contribution >= 0.6 is 34.2 Å². The van der Waals surface area contributed by atoms with Gasteiger partial charge < -0.3 is 25.9 Å². The number of hydrogen-bond donors (Lipinski definition) is 3. The number of nitrogens with two attached hydrogens (primary N) is 1. The average molecular weight is 634 g/mol. The van der Waals surface area contributed by atoms with Gasteiger partial charge >= 0.3 is 0 Å². The molecule has 1 saturated heterocycles. The molecule has 0 aromatic heterocycles. The van der Waals surface area contributed by atoms with E-state index in [4.69, 9.17) is 27.5 Å². The molecule has 0 aliphatic carbocycles. The van der Waals surface area contributed by atoms with E-state index in [9.17, 15) is 5.11 Å². The lowest BCUT2D eigenvalue weighted by Crippen LogP contribution is -2.48. The standard InChI is InChI=1S/C30H37ClIN3O2/c1-29(2,36)22-9-12-28-26(19-22)24(25(5-3-15-33)27(32)20-37-28)6-4-16-35-17-13-30(34,14-18-35)21-7-10-23(31)11-8-21/h3,5-12,15,19,25,27,33,36H,4,13-14,16-18,20,34H2,1-2H3/b5-3-,24-6+,33-15?. The molecule has 0 bridgehead atoms. The summed E-state index contributed by atoms with van der Waals surface area (Å²) in [5, 5.41) is 18.9. The molecule has 2 aromatic carbocycles. The zero-order valence-corrected chi connectivity index (χ0v) is 24.5. The number of alkyl halides is 1. The zero-order chi connectivity index (χ0) is 26.6. The van der Waals surface area contributed by atoms with Gasteiger partial charge in [-0.3, -0.25) is 0 Å². The van der Waals surface area contributed by atoms with Crippen molar-refractivity contribution < 1.29 is 9.84 Å². The van der Waals surface area contributed by atoms with Crippen LogP contribution in [0.2, 0.25) is 5.02 Å². The molecule has 4 N–H and O–H groups in total. The number of hydrogen-bond acceptors (Lipinski definition) is 5. The quantitative estimate of drug-likeness (QED) is 0.190. The third-order valence-corrected chi connectivity index (χ3v) is 8.92. The average Bonchev–Trinajstić information content (AvgIpc) is 3.00. The Morgan fingerprint density at radius 2 is 1.92 bits per heavy atom. The number of benzene rings is 2. The van der Waals surface area contributed by atoms with Gasteiger partial charge in [-0.05, 0) is 80.2 Å². The van der Waals surface area contributed by atoms with Crippen molar-refractivity contribution in [1.29, 1.82) is 5.41 Å². The van der Waals surface area contributed by atoms with E-state index in [1.54, 1.807) is 19.9 Å². The lowest BCUT2D eigenvalue weighted by Gasteiger charge is -2.39. The maximum atomic E-state index is 10.7. The Morgan fingerprint density at radius 3 is 2.57 bits per heavy atom. The molecule has 2 aromatic rings. The first kappa shape index (κ1) is 28.3. The summed E-state index contributed by atoms with van der Waals surface area (Å²) in [5.74, 6) is 0.962. The summed E-state index contributed by atoms with van der Waals surface area (Å²) in [6.45, 7) is 7.07. The Labute approximate surface area is 239 Å². The Balaban J connectivity index is 1.53. The van der Waals surface area contributed by atoms with Crippen molar-refractivity contribution in [2.24, 2.45) is 11.7 Å². The fourth-order valence-electron chi connectivity index (χ4n) is 5.20. The number of nitrogens with one attached hydrogen (secondary N) is 1. The molecular weight excluding hydrogens is 597 g/mol. The summed E-state index contributed by atoms with van der Waals surface area (Å²) < 4.78 is 6.41. The van der Waals surface area contributed by atoms with Crippen molar-refractivity contribution in [3.05, 3.63) is 82.4 Å². The van der Waals surface area contributed by atoms with Gasteiger partial charge in [0.15, 0.2) is 0 Å². The summed E-state index contributed by atoms with van der Waals surface area (Å²) in [4.78, 5) is 2.49. The predicted molar refractivity (Wildman–Crippen MR) is 162 cm³/mol. The highest BCUT2D eigenvalue weighted by molar-refractivity contribution is 14.1. The van der Waals surface area contributed by atoms with E-state index >= 15 is 0 Å². The van der Waals surface area contributed by atoms with Crippen molar-refractivity contribution in [2.45, 2.75) is 48.2 Å². The van der Waals surface area contributed by atoms with Gasteiger partial charge in [0, 0.05) is 47.9 Å². The van der Waals surface area contributed by atoms with E-state index in [-0.39, 0.29) is 15.4 Å². The monoisotopic (exact) mass is 633 g/mol. The molecule has 198 valence electrons. The van der Waals surface area contributed by atoms with E-state index in [0.29, 0.717) is 6.61 Å². The third kappa shape index (κ3) is 6.84. The Morgan fingerprint density at radius 1 is 1.22 bits per heavy atom. The predicted octanol–water partition coefficient (Wildman–Crippen LogP) is 6.31. The summed E-state index contributed by atoms with van der Waals surface area (Å²) in [6.07, 6.45) is 10.3. The first-order chi connectivity index (χ1) is 17.6. The molecular formula is C30H37ClIN3O2. The minimum Gasteiger partial charge on any atom is -0.492 e. The number of ether oxygens (including phenoxy) is 1. The molecule has 0 radical (unpaired) electrons. The SMILES string of the molecule is CC(C)(O)c1ccc2c(c1)/C(=C/CCN1CCC(N)(c3ccc(Cl)cc3)CC1)C(/C=C\C=N)C(I)CO2. The first-order valence-electron chi connectivity index (χ1n) is 12.9. The molecule has 1 fully saturated rings. The van der Waals surface area contributed by atoms with Crippen LogP contribution in [0.4, 0.5) is 0 Å². The normalized spacial score (nSPS) is 23.5. The number of likely N-dealkylation sites (tertiary alicyclic amines) is 1. The number of allylic oxidation sites excluding steroid dienone is 3. The molecule has 2 unspecified atom stereocenters. The molecule has 7 heteroatoms. The van der Waals surface area contributed by atoms with Gasteiger partial charge in [-0.15, -0.1) is 0 Å². The molecule has 0 spiro atoms. The number of nitrogens with zero attached hydrogens (tertiary/aromatic N) is 1. The number of piperidine rings is 1. The Bertz CT molecular complexity index is 1150. The molecule has 2 aliphatic heterocycles. The summed E-state index contributed by atoms with van der Waals surface area (Å²) >= 11 is 8.52. The van der Waals surface area contributed by atoms with Crippen LogP contribution in [0.3, 0.4) is 0 Å². The van der Waals surface area contributed by atoms with E-state index in [1.807, 2.05) is 24.3 Å². The summed E-state index contributed by atoms with van der Waals surface area (Å²) in [7, 11) is 0. The number of halogens is 2. The molecule has 2 aliphatic rings. The van der Waals surface area contributed by atoms with Crippen LogP contribution in [0.15, 0.2) is 60.7 Å². The molecule has 2 heterocycles. The number of aliphatic hydroxyl groups is 1. The highest BCUT2D eigenvalue weighted by Gasteiger charge is 2.33.